The normalized spacial score (nSPS) is 11.8. The summed E-state index contributed by atoms with van der Waals surface area (Å²) in [6.07, 6.45) is 5.89. The number of nitrogens with one attached hydrogen (secondary N) is 1. The molecule has 25 heavy (non-hydrogen) atoms. The number of hydrogen-bond donors (Lipinski definition) is 1. The lowest BCUT2D eigenvalue weighted by atomic mass is 10.1. The maximum atomic E-state index is 12.8. The van der Waals surface area contributed by atoms with Crippen LogP contribution in [0.2, 0.25) is 0 Å². The van der Waals surface area contributed by atoms with Gasteiger partial charge < -0.3 is 4.98 Å². The van der Waals surface area contributed by atoms with Crippen LogP contribution < -0.4 is 5.56 Å². The SMILES string of the molecule is CCn1c(/C=C/c2c[nH]c3ccccc23)nc2ccc(I)cc2c1=O. The Hall–Kier alpha value is -2.41. The van der Waals surface area contributed by atoms with E-state index in [0.717, 1.165) is 25.6 Å². The van der Waals surface area contributed by atoms with Crippen molar-refractivity contribution < 1.29 is 0 Å². The zero-order valence-corrected chi connectivity index (χ0v) is 15.8. The number of H-pyrrole nitrogens is 1. The number of benzene rings is 2. The molecule has 0 aliphatic heterocycles. The van der Waals surface area contributed by atoms with Crippen molar-refractivity contribution in [3.05, 3.63) is 74.0 Å². The zero-order chi connectivity index (χ0) is 17.4. The molecule has 4 aromatic rings. The average molecular weight is 441 g/mol. The number of hydrogen-bond acceptors (Lipinski definition) is 2. The Morgan fingerprint density at radius 2 is 2.00 bits per heavy atom. The second-order valence-electron chi connectivity index (χ2n) is 5.80. The Kier molecular flexibility index (Phi) is 4.17. The first kappa shape index (κ1) is 16.1. The van der Waals surface area contributed by atoms with E-state index in [0.29, 0.717) is 17.8 Å². The van der Waals surface area contributed by atoms with E-state index in [1.807, 2.05) is 61.7 Å². The molecule has 5 heteroatoms. The van der Waals surface area contributed by atoms with Gasteiger partial charge in [-0.05, 0) is 71.5 Å². The number of halogens is 1. The lowest BCUT2D eigenvalue weighted by Crippen LogP contribution is -2.23. The summed E-state index contributed by atoms with van der Waals surface area (Å²) in [7, 11) is 0. The van der Waals surface area contributed by atoms with Crippen LogP contribution in [0.5, 0.6) is 0 Å². The molecule has 0 radical (unpaired) electrons. The fraction of sp³-hybridized carbons (Fsp3) is 0.100. The average Bonchev–Trinajstić information content (AvgIpc) is 3.04. The fourth-order valence-electron chi connectivity index (χ4n) is 3.04. The van der Waals surface area contributed by atoms with Crippen LogP contribution >= 0.6 is 22.6 Å². The maximum Gasteiger partial charge on any atom is 0.261 e. The van der Waals surface area contributed by atoms with Gasteiger partial charge in [0.25, 0.3) is 5.56 Å². The van der Waals surface area contributed by atoms with E-state index in [1.54, 1.807) is 4.57 Å². The van der Waals surface area contributed by atoms with Crippen molar-refractivity contribution in [1.29, 1.82) is 0 Å². The molecule has 124 valence electrons. The van der Waals surface area contributed by atoms with Crippen LogP contribution in [0.4, 0.5) is 0 Å². The molecule has 0 atom stereocenters. The van der Waals surface area contributed by atoms with Crippen LogP contribution in [0.1, 0.15) is 18.3 Å². The van der Waals surface area contributed by atoms with E-state index in [2.05, 4.69) is 33.6 Å². The summed E-state index contributed by atoms with van der Waals surface area (Å²) in [4.78, 5) is 20.7. The number of aromatic nitrogens is 3. The Balaban J connectivity index is 1.86. The Morgan fingerprint density at radius 1 is 1.16 bits per heavy atom. The molecular weight excluding hydrogens is 425 g/mol. The maximum absolute atomic E-state index is 12.8. The molecule has 1 N–H and O–H groups in total. The summed E-state index contributed by atoms with van der Waals surface area (Å²) >= 11 is 2.22. The van der Waals surface area contributed by atoms with Gasteiger partial charge in [-0.1, -0.05) is 18.2 Å². The van der Waals surface area contributed by atoms with Gasteiger partial charge in [-0.2, -0.15) is 0 Å². The molecule has 0 fully saturated rings. The number of nitrogens with zero attached hydrogens (tertiary/aromatic N) is 2. The minimum absolute atomic E-state index is 0.00425. The van der Waals surface area contributed by atoms with Crippen LogP contribution in [0.3, 0.4) is 0 Å². The third-order valence-electron chi connectivity index (χ3n) is 4.30. The number of aromatic amines is 1. The van der Waals surface area contributed by atoms with Gasteiger partial charge in [-0.15, -0.1) is 0 Å². The van der Waals surface area contributed by atoms with Crippen molar-refractivity contribution in [1.82, 2.24) is 14.5 Å². The quantitative estimate of drug-likeness (QED) is 0.470. The summed E-state index contributed by atoms with van der Waals surface area (Å²) in [6, 6.07) is 13.9. The first-order chi connectivity index (χ1) is 12.2. The van der Waals surface area contributed by atoms with Gasteiger partial charge in [-0.25, -0.2) is 4.98 Å². The van der Waals surface area contributed by atoms with Crippen LogP contribution in [0.15, 0.2) is 53.5 Å². The topological polar surface area (TPSA) is 50.7 Å². The molecule has 0 amide bonds. The Labute approximate surface area is 158 Å². The largest absolute Gasteiger partial charge is 0.361 e. The van der Waals surface area contributed by atoms with E-state index in [4.69, 9.17) is 4.98 Å². The molecule has 0 spiro atoms. The first-order valence-electron chi connectivity index (χ1n) is 8.11. The molecule has 4 rings (SSSR count). The standard InChI is InChI=1S/C20H16IN3O/c1-2-24-19(23-18-9-8-14(21)11-16(18)20(24)25)10-7-13-12-22-17-6-4-3-5-15(13)17/h3-12,22H,2H2,1H3/b10-7+. The van der Waals surface area contributed by atoms with E-state index < -0.39 is 0 Å². The predicted octanol–water partition coefficient (Wildman–Crippen LogP) is 4.67. The molecule has 2 aromatic carbocycles. The fourth-order valence-corrected chi connectivity index (χ4v) is 3.53. The van der Waals surface area contributed by atoms with Crippen molar-refractivity contribution in [3.63, 3.8) is 0 Å². The lowest BCUT2D eigenvalue weighted by molar-refractivity contribution is 0.708. The molecule has 0 aliphatic rings. The van der Waals surface area contributed by atoms with Gasteiger partial charge in [0.2, 0.25) is 0 Å². The third kappa shape index (κ3) is 2.89. The van der Waals surface area contributed by atoms with Gasteiger partial charge in [0.1, 0.15) is 5.82 Å². The van der Waals surface area contributed by atoms with Crippen molar-refractivity contribution in [3.8, 4) is 0 Å². The second-order valence-corrected chi connectivity index (χ2v) is 7.05. The molecule has 2 aromatic heterocycles. The van der Waals surface area contributed by atoms with Gasteiger partial charge in [0.05, 0.1) is 10.9 Å². The third-order valence-corrected chi connectivity index (χ3v) is 4.97. The van der Waals surface area contributed by atoms with E-state index in [-0.39, 0.29) is 5.56 Å². The molecule has 2 heterocycles. The van der Waals surface area contributed by atoms with Gasteiger partial charge in [0.15, 0.2) is 0 Å². The molecule has 0 saturated carbocycles. The summed E-state index contributed by atoms with van der Waals surface area (Å²) < 4.78 is 2.75. The molecule has 0 unspecified atom stereocenters. The minimum atomic E-state index is 0.00425. The van der Waals surface area contributed by atoms with Crippen LogP contribution in [0, 0.1) is 3.57 Å². The summed E-state index contributed by atoms with van der Waals surface area (Å²) in [5.41, 5.74) is 2.91. The van der Waals surface area contributed by atoms with Crippen molar-refractivity contribution in [2.24, 2.45) is 0 Å². The Morgan fingerprint density at radius 3 is 2.84 bits per heavy atom. The molecule has 0 saturated heterocycles. The molecular formula is C20H16IN3O. The first-order valence-corrected chi connectivity index (χ1v) is 9.19. The molecule has 4 nitrogen and oxygen atoms in total. The monoisotopic (exact) mass is 441 g/mol. The van der Waals surface area contributed by atoms with Crippen molar-refractivity contribution in [2.75, 3.05) is 0 Å². The number of rotatable bonds is 3. The van der Waals surface area contributed by atoms with Gasteiger partial charge in [0, 0.05) is 27.2 Å². The van der Waals surface area contributed by atoms with Crippen LogP contribution in [0.25, 0.3) is 34.0 Å². The highest BCUT2D eigenvalue weighted by atomic mass is 127. The highest BCUT2D eigenvalue weighted by Gasteiger charge is 2.08. The van der Waals surface area contributed by atoms with Crippen LogP contribution in [-0.2, 0) is 6.54 Å². The lowest BCUT2D eigenvalue weighted by Gasteiger charge is -2.09. The van der Waals surface area contributed by atoms with Crippen molar-refractivity contribution in [2.45, 2.75) is 13.5 Å². The van der Waals surface area contributed by atoms with E-state index in [9.17, 15) is 4.79 Å². The smallest absolute Gasteiger partial charge is 0.261 e. The highest BCUT2D eigenvalue weighted by Crippen LogP contribution is 2.20. The number of para-hydroxylation sites is 1. The van der Waals surface area contributed by atoms with E-state index >= 15 is 0 Å². The van der Waals surface area contributed by atoms with Crippen LogP contribution in [-0.4, -0.2) is 14.5 Å². The Bertz CT molecular complexity index is 1170. The minimum Gasteiger partial charge on any atom is -0.361 e. The number of fused-ring (bicyclic) bond motifs is 2. The highest BCUT2D eigenvalue weighted by molar-refractivity contribution is 14.1. The van der Waals surface area contributed by atoms with E-state index in [1.165, 1.54) is 0 Å². The zero-order valence-electron chi connectivity index (χ0n) is 13.7. The second kappa shape index (κ2) is 6.48. The molecule has 0 aliphatic carbocycles. The van der Waals surface area contributed by atoms with Gasteiger partial charge >= 0.3 is 0 Å². The van der Waals surface area contributed by atoms with Gasteiger partial charge in [-0.3, -0.25) is 9.36 Å². The predicted molar refractivity (Wildman–Crippen MR) is 112 cm³/mol. The van der Waals surface area contributed by atoms with Crippen molar-refractivity contribution >= 4 is 56.5 Å². The summed E-state index contributed by atoms with van der Waals surface area (Å²) in [5, 5.41) is 1.82. The summed E-state index contributed by atoms with van der Waals surface area (Å²) in [6.45, 7) is 2.55. The summed E-state index contributed by atoms with van der Waals surface area (Å²) in [5.74, 6) is 0.673. The molecule has 0 bridgehead atoms.